The zero-order valence-corrected chi connectivity index (χ0v) is 14.8. The molecule has 2 aromatic carbocycles. The number of thiazole rings is 1. The van der Waals surface area contributed by atoms with Crippen LogP contribution >= 0.6 is 23.1 Å². The molecule has 0 fully saturated rings. The van der Waals surface area contributed by atoms with E-state index >= 15 is 0 Å². The molecule has 3 heterocycles. The fourth-order valence-electron chi connectivity index (χ4n) is 2.61. The van der Waals surface area contributed by atoms with Gasteiger partial charge in [0.1, 0.15) is 5.82 Å². The minimum Gasteiger partial charge on any atom is -0.245 e. The minimum atomic E-state index is -0.270. The lowest BCUT2D eigenvalue weighted by Gasteiger charge is -2.03. The molecule has 0 atom stereocenters. The second kappa shape index (κ2) is 6.15. The molecule has 0 spiro atoms. The highest BCUT2D eigenvalue weighted by Crippen LogP contribution is 2.30. The molecule has 0 saturated carbocycles. The molecule has 8 heteroatoms. The maximum atomic E-state index is 13.1. The summed E-state index contributed by atoms with van der Waals surface area (Å²) in [6, 6.07) is 16.1. The van der Waals surface area contributed by atoms with Crippen molar-refractivity contribution in [2.75, 3.05) is 0 Å². The highest BCUT2D eigenvalue weighted by Gasteiger charge is 2.11. The fraction of sp³-hybridized carbons (Fsp3) is 0. The zero-order chi connectivity index (χ0) is 17.5. The first-order valence-electron chi connectivity index (χ1n) is 7.76. The van der Waals surface area contributed by atoms with E-state index in [9.17, 15) is 4.39 Å². The first kappa shape index (κ1) is 15.4. The van der Waals surface area contributed by atoms with Gasteiger partial charge in [0.2, 0.25) is 5.16 Å². The van der Waals surface area contributed by atoms with Gasteiger partial charge in [-0.05, 0) is 66.4 Å². The Bertz CT molecular complexity index is 1230. The summed E-state index contributed by atoms with van der Waals surface area (Å²) in [6.07, 6.45) is 0. The lowest BCUT2D eigenvalue weighted by Crippen LogP contribution is -1.96. The Morgan fingerprint density at radius 1 is 0.962 bits per heavy atom. The predicted molar refractivity (Wildman–Crippen MR) is 99.9 cm³/mol. The molecule has 0 N–H and O–H groups in total. The Labute approximate surface area is 155 Å². The van der Waals surface area contributed by atoms with Crippen molar-refractivity contribution in [1.29, 1.82) is 0 Å². The van der Waals surface area contributed by atoms with E-state index in [-0.39, 0.29) is 5.82 Å². The molecule has 0 bridgehead atoms. The summed E-state index contributed by atoms with van der Waals surface area (Å²) < 4.78 is 16.0. The first-order chi connectivity index (χ1) is 12.8. The van der Waals surface area contributed by atoms with E-state index in [0.29, 0.717) is 10.8 Å². The van der Waals surface area contributed by atoms with Crippen molar-refractivity contribution in [2.45, 2.75) is 10.1 Å². The maximum absolute atomic E-state index is 13.1. The number of hydrogen-bond donors (Lipinski definition) is 0. The number of aromatic nitrogens is 5. The van der Waals surface area contributed by atoms with E-state index in [4.69, 9.17) is 0 Å². The average Bonchev–Trinajstić information content (AvgIpc) is 3.29. The molecule has 0 aliphatic rings. The van der Waals surface area contributed by atoms with Crippen LogP contribution in [0.15, 0.2) is 70.2 Å². The standard InChI is InChI=1S/C18H10FN5S2/c19-12-3-1-11(2-4-12)14-7-8-17-21-22-18(24(17)23-14)26-13-5-6-15-16(9-13)25-10-20-15/h1-10H. The molecule has 3 aromatic heterocycles. The molecular weight excluding hydrogens is 369 g/mol. The number of fused-ring (bicyclic) bond motifs is 2. The Hall–Kier alpha value is -2.84. The zero-order valence-electron chi connectivity index (χ0n) is 13.2. The van der Waals surface area contributed by atoms with Crippen LogP contribution in [0.4, 0.5) is 4.39 Å². The Kier molecular flexibility index (Phi) is 3.65. The van der Waals surface area contributed by atoms with Crippen LogP contribution in [-0.2, 0) is 0 Å². The Morgan fingerprint density at radius 3 is 2.73 bits per heavy atom. The topological polar surface area (TPSA) is 56.0 Å². The van der Waals surface area contributed by atoms with Crippen molar-refractivity contribution in [3.8, 4) is 11.3 Å². The summed E-state index contributed by atoms with van der Waals surface area (Å²) in [6.45, 7) is 0. The van der Waals surface area contributed by atoms with Gasteiger partial charge in [0.05, 0.1) is 21.4 Å². The van der Waals surface area contributed by atoms with E-state index in [0.717, 1.165) is 26.4 Å². The van der Waals surface area contributed by atoms with Crippen molar-refractivity contribution in [3.63, 3.8) is 0 Å². The monoisotopic (exact) mass is 379 g/mol. The third-order valence-corrected chi connectivity index (χ3v) is 5.60. The number of benzene rings is 2. The van der Waals surface area contributed by atoms with Gasteiger partial charge in [-0.2, -0.15) is 9.61 Å². The van der Waals surface area contributed by atoms with Gasteiger partial charge in [-0.3, -0.25) is 0 Å². The quantitative estimate of drug-likeness (QED) is 0.455. The lowest BCUT2D eigenvalue weighted by atomic mass is 10.1. The molecule has 0 amide bonds. The second-order valence-electron chi connectivity index (χ2n) is 5.56. The van der Waals surface area contributed by atoms with Crippen LogP contribution in [0.25, 0.3) is 27.1 Å². The summed E-state index contributed by atoms with van der Waals surface area (Å²) in [4.78, 5) is 5.34. The highest BCUT2D eigenvalue weighted by atomic mass is 32.2. The van der Waals surface area contributed by atoms with Crippen LogP contribution in [0.1, 0.15) is 0 Å². The Balaban J connectivity index is 1.54. The third-order valence-electron chi connectivity index (χ3n) is 3.89. The molecule has 0 aliphatic heterocycles. The van der Waals surface area contributed by atoms with Gasteiger partial charge in [-0.15, -0.1) is 21.5 Å². The molecule has 5 rings (SSSR count). The summed E-state index contributed by atoms with van der Waals surface area (Å²) >= 11 is 3.10. The van der Waals surface area contributed by atoms with Crippen LogP contribution in [-0.4, -0.2) is 24.8 Å². The molecule has 126 valence electrons. The van der Waals surface area contributed by atoms with Crippen molar-refractivity contribution in [2.24, 2.45) is 0 Å². The third kappa shape index (κ3) is 2.73. The number of halogens is 1. The molecule has 26 heavy (non-hydrogen) atoms. The van der Waals surface area contributed by atoms with E-state index in [2.05, 4.69) is 26.3 Å². The van der Waals surface area contributed by atoms with E-state index in [1.54, 1.807) is 28.0 Å². The van der Waals surface area contributed by atoms with E-state index in [1.807, 2.05) is 29.8 Å². The SMILES string of the molecule is Fc1ccc(-c2ccc3nnc(Sc4ccc5ncsc5c4)n3n2)cc1. The Morgan fingerprint density at radius 2 is 1.85 bits per heavy atom. The van der Waals surface area contributed by atoms with Gasteiger partial charge in [-0.25, -0.2) is 9.37 Å². The van der Waals surface area contributed by atoms with Crippen molar-refractivity contribution in [1.82, 2.24) is 24.8 Å². The minimum absolute atomic E-state index is 0.270. The molecule has 5 aromatic rings. The normalized spacial score (nSPS) is 11.4. The highest BCUT2D eigenvalue weighted by molar-refractivity contribution is 7.99. The largest absolute Gasteiger partial charge is 0.245 e. The smallest absolute Gasteiger partial charge is 0.217 e. The van der Waals surface area contributed by atoms with Gasteiger partial charge in [-0.1, -0.05) is 0 Å². The number of rotatable bonds is 3. The predicted octanol–water partition coefficient (Wildman–Crippen LogP) is 4.69. The summed E-state index contributed by atoms with van der Waals surface area (Å²) in [7, 11) is 0. The van der Waals surface area contributed by atoms with Gasteiger partial charge in [0.25, 0.3) is 0 Å². The van der Waals surface area contributed by atoms with Crippen molar-refractivity contribution >= 4 is 39.0 Å². The maximum Gasteiger partial charge on any atom is 0.217 e. The van der Waals surface area contributed by atoms with Crippen molar-refractivity contribution in [3.05, 3.63) is 65.9 Å². The average molecular weight is 379 g/mol. The van der Waals surface area contributed by atoms with Crippen molar-refractivity contribution < 1.29 is 4.39 Å². The molecule has 5 nitrogen and oxygen atoms in total. The second-order valence-corrected chi connectivity index (χ2v) is 7.49. The number of nitrogens with zero attached hydrogens (tertiary/aromatic N) is 5. The molecule has 0 saturated heterocycles. The van der Waals surface area contributed by atoms with E-state index in [1.165, 1.54) is 23.9 Å². The van der Waals surface area contributed by atoms with E-state index < -0.39 is 0 Å². The summed E-state index contributed by atoms with van der Waals surface area (Å²) in [5.41, 5.74) is 5.06. The van der Waals surface area contributed by atoms with Gasteiger partial charge in [0.15, 0.2) is 5.65 Å². The number of hydrogen-bond acceptors (Lipinski definition) is 6. The molecule has 0 aliphatic carbocycles. The van der Waals surface area contributed by atoms with Crippen LogP contribution in [0, 0.1) is 5.82 Å². The van der Waals surface area contributed by atoms with Gasteiger partial charge < -0.3 is 0 Å². The van der Waals surface area contributed by atoms with Crippen LogP contribution in [0.3, 0.4) is 0 Å². The van der Waals surface area contributed by atoms with Crippen LogP contribution < -0.4 is 0 Å². The van der Waals surface area contributed by atoms with Gasteiger partial charge >= 0.3 is 0 Å². The molecule has 0 radical (unpaired) electrons. The fourth-order valence-corrected chi connectivity index (χ4v) is 4.23. The van der Waals surface area contributed by atoms with Gasteiger partial charge in [0, 0.05) is 10.5 Å². The summed E-state index contributed by atoms with van der Waals surface area (Å²) in [5.74, 6) is -0.270. The molecule has 0 unspecified atom stereocenters. The lowest BCUT2D eigenvalue weighted by molar-refractivity contribution is 0.628. The summed E-state index contributed by atoms with van der Waals surface area (Å²) in [5, 5.41) is 13.7. The van der Waals surface area contributed by atoms with Crippen LogP contribution in [0.5, 0.6) is 0 Å². The van der Waals surface area contributed by atoms with Crippen LogP contribution in [0.2, 0.25) is 0 Å². The molecular formula is C18H10FN5S2. The first-order valence-corrected chi connectivity index (χ1v) is 9.45.